The number of aryl methyl sites for hydroxylation is 2. The molecule has 1 heterocycles. The summed E-state index contributed by atoms with van der Waals surface area (Å²) >= 11 is 5.96. The van der Waals surface area contributed by atoms with Gasteiger partial charge in [0.05, 0.1) is 11.8 Å². The molecule has 0 aliphatic heterocycles. The lowest BCUT2D eigenvalue weighted by atomic mass is 10.1. The van der Waals surface area contributed by atoms with Gasteiger partial charge in [-0.2, -0.15) is 5.26 Å². The lowest BCUT2D eigenvalue weighted by Gasteiger charge is -2.12. The summed E-state index contributed by atoms with van der Waals surface area (Å²) in [6.07, 6.45) is 3.10. The fraction of sp³-hybridized carbons (Fsp3) is 0.143. The molecular weight excluding hydrogens is 248 g/mol. The number of hydrogen-bond acceptors (Lipinski definition) is 3. The highest BCUT2D eigenvalue weighted by molar-refractivity contribution is 6.30. The number of halogens is 1. The second-order valence-corrected chi connectivity index (χ2v) is 4.39. The summed E-state index contributed by atoms with van der Waals surface area (Å²) in [5, 5.41) is 9.67. The molecule has 4 heteroatoms. The first-order valence-corrected chi connectivity index (χ1v) is 5.78. The molecule has 0 bridgehead atoms. The van der Waals surface area contributed by atoms with E-state index in [2.05, 4.69) is 11.1 Å². The van der Waals surface area contributed by atoms with Crippen molar-refractivity contribution < 1.29 is 4.74 Å². The minimum atomic E-state index is 0.452. The van der Waals surface area contributed by atoms with E-state index in [1.165, 1.54) is 6.20 Å². The van der Waals surface area contributed by atoms with E-state index in [4.69, 9.17) is 21.6 Å². The normalized spacial score (nSPS) is 9.89. The van der Waals surface area contributed by atoms with Crippen molar-refractivity contribution in [2.75, 3.05) is 0 Å². The Morgan fingerprint density at radius 2 is 1.94 bits per heavy atom. The third kappa shape index (κ3) is 2.44. The fourth-order valence-corrected chi connectivity index (χ4v) is 2.05. The van der Waals surface area contributed by atoms with Crippen molar-refractivity contribution in [3.8, 4) is 17.6 Å². The van der Waals surface area contributed by atoms with Gasteiger partial charge in [-0.1, -0.05) is 11.6 Å². The van der Waals surface area contributed by atoms with Gasteiger partial charge >= 0.3 is 0 Å². The fourth-order valence-electron chi connectivity index (χ4n) is 1.72. The highest BCUT2D eigenvalue weighted by atomic mass is 35.5. The zero-order chi connectivity index (χ0) is 13.1. The quantitative estimate of drug-likeness (QED) is 0.817. The molecule has 0 unspecified atom stereocenters. The Morgan fingerprint density at radius 3 is 2.56 bits per heavy atom. The van der Waals surface area contributed by atoms with E-state index in [-0.39, 0.29) is 0 Å². The molecule has 0 spiro atoms. The molecule has 0 fully saturated rings. The second-order valence-electron chi connectivity index (χ2n) is 3.95. The molecule has 2 aromatic rings. The van der Waals surface area contributed by atoms with E-state index < -0.39 is 0 Å². The van der Waals surface area contributed by atoms with Crippen LogP contribution >= 0.6 is 11.6 Å². The van der Waals surface area contributed by atoms with Gasteiger partial charge in [0.25, 0.3) is 0 Å². The summed E-state index contributed by atoms with van der Waals surface area (Å²) in [6.45, 7) is 3.83. The Balaban J connectivity index is 2.44. The standard InChI is InChI=1S/C14H11ClN2O/c1-9-5-12(15)6-10(2)14(9)18-13-8-17-4-3-11(13)7-16/h3-6,8H,1-2H3. The number of rotatable bonds is 2. The second kappa shape index (κ2) is 5.07. The number of nitriles is 1. The number of benzene rings is 1. The van der Waals surface area contributed by atoms with Crippen LogP contribution in [0, 0.1) is 25.2 Å². The molecule has 0 aliphatic carbocycles. The Bertz CT molecular complexity index is 609. The van der Waals surface area contributed by atoms with Crippen molar-refractivity contribution in [2.24, 2.45) is 0 Å². The molecule has 0 saturated carbocycles. The van der Waals surface area contributed by atoms with Gasteiger partial charge in [0.1, 0.15) is 11.8 Å². The van der Waals surface area contributed by atoms with Crippen LogP contribution in [-0.2, 0) is 0 Å². The molecule has 3 nitrogen and oxygen atoms in total. The van der Waals surface area contributed by atoms with Crippen LogP contribution in [0.5, 0.6) is 11.5 Å². The van der Waals surface area contributed by atoms with Crippen LogP contribution in [0.1, 0.15) is 16.7 Å². The van der Waals surface area contributed by atoms with Gasteiger partial charge in [-0.05, 0) is 43.2 Å². The van der Waals surface area contributed by atoms with Crippen LogP contribution in [0.15, 0.2) is 30.6 Å². The van der Waals surface area contributed by atoms with E-state index >= 15 is 0 Å². The lowest BCUT2D eigenvalue weighted by molar-refractivity contribution is 0.471. The lowest BCUT2D eigenvalue weighted by Crippen LogP contribution is -1.94. The van der Waals surface area contributed by atoms with Crippen LogP contribution in [0.25, 0.3) is 0 Å². The molecule has 0 aliphatic rings. The van der Waals surface area contributed by atoms with Crippen molar-refractivity contribution in [1.82, 2.24) is 4.98 Å². The Labute approximate surface area is 111 Å². The zero-order valence-corrected chi connectivity index (χ0v) is 10.8. The van der Waals surface area contributed by atoms with Crippen LogP contribution in [0.3, 0.4) is 0 Å². The van der Waals surface area contributed by atoms with E-state index in [0.717, 1.165) is 11.1 Å². The summed E-state index contributed by atoms with van der Waals surface area (Å²) in [5.41, 5.74) is 2.30. The van der Waals surface area contributed by atoms with Crippen LogP contribution < -0.4 is 4.74 Å². The van der Waals surface area contributed by atoms with Crippen molar-refractivity contribution in [3.63, 3.8) is 0 Å². The zero-order valence-electron chi connectivity index (χ0n) is 10.1. The molecule has 0 radical (unpaired) electrons. The molecular formula is C14H11ClN2O. The predicted molar refractivity (Wildman–Crippen MR) is 70.0 cm³/mol. The number of ether oxygens (including phenoxy) is 1. The van der Waals surface area contributed by atoms with Gasteiger partial charge in [-0.25, -0.2) is 0 Å². The van der Waals surface area contributed by atoms with Gasteiger partial charge in [0.15, 0.2) is 5.75 Å². The van der Waals surface area contributed by atoms with Crippen molar-refractivity contribution in [1.29, 1.82) is 5.26 Å². The monoisotopic (exact) mass is 258 g/mol. The minimum Gasteiger partial charge on any atom is -0.454 e. The van der Waals surface area contributed by atoms with Crippen LogP contribution in [0.4, 0.5) is 0 Å². The summed E-state index contributed by atoms with van der Waals surface area (Å²) in [6, 6.07) is 7.35. The van der Waals surface area contributed by atoms with E-state index in [1.807, 2.05) is 26.0 Å². The van der Waals surface area contributed by atoms with Gasteiger partial charge in [0, 0.05) is 11.2 Å². The SMILES string of the molecule is Cc1cc(Cl)cc(C)c1Oc1cnccc1C#N. The van der Waals surface area contributed by atoms with Crippen LogP contribution in [0.2, 0.25) is 5.02 Å². The molecule has 1 aromatic heterocycles. The molecule has 2 rings (SSSR count). The summed E-state index contributed by atoms with van der Waals surface area (Å²) < 4.78 is 5.77. The van der Waals surface area contributed by atoms with E-state index in [1.54, 1.807) is 12.3 Å². The Hall–Kier alpha value is -2.05. The number of nitrogens with zero attached hydrogens (tertiary/aromatic N) is 2. The first-order chi connectivity index (χ1) is 8.61. The summed E-state index contributed by atoms with van der Waals surface area (Å²) in [7, 11) is 0. The minimum absolute atomic E-state index is 0.452. The molecule has 18 heavy (non-hydrogen) atoms. The van der Waals surface area contributed by atoms with Crippen molar-refractivity contribution >= 4 is 11.6 Å². The Kier molecular flexibility index (Phi) is 3.50. The van der Waals surface area contributed by atoms with Gasteiger partial charge < -0.3 is 4.74 Å². The molecule has 0 saturated heterocycles. The predicted octanol–water partition coefficient (Wildman–Crippen LogP) is 4.02. The summed E-state index contributed by atoms with van der Waals surface area (Å²) in [5.74, 6) is 1.16. The highest BCUT2D eigenvalue weighted by Gasteiger charge is 2.10. The number of pyridine rings is 1. The van der Waals surface area contributed by atoms with Crippen molar-refractivity contribution in [2.45, 2.75) is 13.8 Å². The molecule has 0 amide bonds. The smallest absolute Gasteiger partial charge is 0.163 e. The van der Waals surface area contributed by atoms with Gasteiger partial charge in [0.2, 0.25) is 0 Å². The third-order valence-electron chi connectivity index (χ3n) is 2.54. The Morgan fingerprint density at radius 1 is 1.28 bits per heavy atom. The average molecular weight is 259 g/mol. The van der Waals surface area contributed by atoms with Gasteiger partial charge in [-0.15, -0.1) is 0 Å². The average Bonchev–Trinajstić information content (AvgIpc) is 2.34. The first-order valence-electron chi connectivity index (χ1n) is 5.40. The molecule has 1 aromatic carbocycles. The maximum absolute atomic E-state index is 9.00. The topological polar surface area (TPSA) is 45.9 Å². The van der Waals surface area contributed by atoms with E-state index in [9.17, 15) is 0 Å². The van der Waals surface area contributed by atoms with E-state index in [0.29, 0.717) is 22.1 Å². The molecule has 0 N–H and O–H groups in total. The third-order valence-corrected chi connectivity index (χ3v) is 2.76. The van der Waals surface area contributed by atoms with Crippen molar-refractivity contribution in [3.05, 3.63) is 52.3 Å². The van der Waals surface area contributed by atoms with Crippen LogP contribution in [-0.4, -0.2) is 4.98 Å². The highest BCUT2D eigenvalue weighted by Crippen LogP contribution is 2.32. The largest absolute Gasteiger partial charge is 0.454 e. The first kappa shape index (κ1) is 12.4. The summed E-state index contributed by atoms with van der Waals surface area (Å²) in [4.78, 5) is 3.96. The number of aromatic nitrogens is 1. The number of hydrogen-bond donors (Lipinski definition) is 0. The van der Waals surface area contributed by atoms with Gasteiger partial charge in [-0.3, -0.25) is 4.98 Å². The maximum atomic E-state index is 9.00. The molecule has 90 valence electrons. The maximum Gasteiger partial charge on any atom is 0.163 e. The molecule has 0 atom stereocenters.